The van der Waals surface area contributed by atoms with E-state index in [-0.39, 0.29) is 50.5 Å². The van der Waals surface area contributed by atoms with Gasteiger partial charge < -0.3 is 24.1 Å². The van der Waals surface area contributed by atoms with Gasteiger partial charge in [-0.3, -0.25) is 9.59 Å². The summed E-state index contributed by atoms with van der Waals surface area (Å²) in [5.74, 6) is -1.96. The van der Waals surface area contributed by atoms with Gasteiger partial charge in [0.25, 0.3) is 0 Å². The van der Waals surface area contributed by atoms with Gasteiger partial charge in [-0.1, -0.05) is 86.3 Å². The third-order valence-electron chi connectivity index (χ3n) is 9.99. The molecule has 1 saturated carbocycles. The SMILES string of the molecule is C=C(C)[C@]12C[C@@H](C)[C@@]3(OCc4ccccc4)[C@@H](C=C(COC(=O)Cc4ccccc4)C[C@]4(O)C(=O)C(C)=C[C@@H]34)[C@H]1OCO2. The molecule has 2 aromatic rings. The van der Waals surface area contributed by atoms with Crippen LogP contribution in [0.4, 0.5) is 0 Å². The molecule has 0 spiro atoms. The number of carbonyl (C=O) groups is 2. The molecule has 2 fully saturated rings. The molecular formula is C36H40O7. The normalized spacial score (nSPS) is 34.7. The number of Topliss-reactive ketones (excluding diaryl/α,β-unsaturated/α-hetero) is 1. The fraction of sp³-hybridized carbons (Fsp3) is 0.444. The fourth-order valence-corrected chi connectivity index (χ4v) is 7.94. The van der Waals surface area contributed by atoms with Crippen molar-refractivity contribution in [2.24, 2.45) is 17.8 Å². The zero-order valence-electron chi connectivity index (χ0n) is 25.1. The first kappa shape index (κ1) is 29.7. The van der Waals surface area contributed by atoms with Crippen LogP contribution in [0.1, 0.15) is 44.7 Å². The van der Waals surface area contributed by atoms with E-state index < -0.39 is 34.7 Å². The van der Waals surface area contributed by atoms with Crippen LogP contribution in [0, 0.1) is 17.8 Å². The molecule has 0 bridgehead atoms. The molecular weight excluding hydrogens is 544 g/mol. The minimum atomic E-state index is -1.76. The monoisotopic (exact) mass is 584 g/mol. The highest BCUT2D eigenvalue weighted by Gasteiger charge is 2.70. The summed E-state index contributed by atoms with van der Waals surface area (Å²) in [6, 6.07) is 19.3. The highest BCUT2D eigenvalue weighted by atomic mass is 16.7. The van der Waals surface area contributed by atoms with Gasteiger partial charge in [0.15, 0.2) is 5.78 Å². The molecule has 1 aliphatic heterocycles. The molecule has 226 valence electrons. The Hall–Kier alpha value is -3.36. The van der Waals surface area contributed by atoms with Crippen LogP contribution in [0.2, 0.25) is 0 Å². The lowest BCUT2D eigenvalue weighted by Crippen LogP contribution is -2.68. The smallest absolute Gasteiger partial charge is 0.310 e. The Kier molecular flexibility index (Phi) is 7.80. The van der Waals surface area contributed by atoms with E-state index in [1.54, 1.807) is 6.92 Å². The van der Waals surface area contributed by atoms with Crippen molar-refractivity contribution in [3.05, 3.63) is 107 Å². The summed E-state index contributed by atoms with van der Waals surface area (Å²) in [6.07, 6.45) is 4.15. The Morgan fingerprint density at radius 3 is 2.40 bits per heavy atom. The lowest BCUT2D eigenvalue weighted by atomic mass is 9.55. The predicted octanol–water partition coefficient (Wildman–Crippen LogP) is 5.28. The van der Waals surface area contributed by atoms with Crippen molar-refractivity contribution in [1.29, 1.82) is 0 Å². The van der Waals surface area contributed by atoms with Crippen LogP contribution in [0.3, 0.4) is 0 Å². The van der Waals surface area contributed by atoms with Gasteiger partial charge in [0.05, 0.1) is 18.6 Å². The standard InChI is InChI=1S/C36H40O7/c1-23(2)35-18-25(4)36(42-21-27-13-9-6-10-14-27)29(33(35)41-22-43-35)16-28(19-34(39)30(36)15-24(3)32(34)38)20-40-31(37)17-26-11-7-5-8-12-26/h5-16,25,29-30,33,39H,1,17-22H2,2-4H3/t25-,29+,30-,33-,34-,35-,36-/m1/s1. The van der Waals surface area contributed by atoms with Gasteiger partial charge in [0.2, 0.25) is 0 Å². The largest absolute Gasteiger partial charge is 0.461 e. The Bertz CT molecular complexity index is 1460. The molecule has 7 atom stereocenters. The molecule has 3 aliphatic carbocycles. The molecule has 1 N–H and O–H groups in total. The Balaban J connectivity index is 1.43. The maximum atomic E-state index is 13.8. The number of rotatable bonds is 8. The first-order valence-corrected chi connectivity index (χ1v) is 15.0. The van der Waals surface area contributed by atoms with Gasteiger partial charge in [0, 0.05) is 18.3 Å². The summed E-state index contributed by atoms with van der Waals surface area (Å²) >= 11 is 0. The molecule has 2 aromatic carbocycles. The Morgan fingerprint density at radius 2 is 1.72 bits per heavy atom. The highest BCUT2D eigenvalue weighted by molar-refractivity contribution is 6.04. The molecule has 4 aliphatic rings. The lowest BCUT2D eigenvalue weighted by Gasteiger charge is -2.58. The van der Waals surface area contributed by atoms with E-state index in [1.165, 1.54) is 0 Å². The van der Waals surface area contributed by atoms with Crippen LogP contribution in [0.5, 0.6) is 0 Å². The van der Waals surface area contributed by atoms with Crippen LogP contribution in [-0.4, -0.2) is 53.2 Å². The number of hydrogen-bond acceptors (Lipinski definition) is 7. The second-order valence-electron chi connectivity index (χ2n) is 12.7. The summed E-state index contributed by atoms with van der Waals surface area (Å²) in [6.45, 7) is 10.4. The van der Waals surface area contributed by atoms with Crippen LogP contribution in [-0.2, 0) is 41.6 Å². The maximum absolute atomic E-state index is 13.8. The van der Waals surface area contributed by atoms with Crippen molar-refractivity contribution in [3.8, 4) is 0 Å². The first-order chi connectivity index (χ1) is 20.6. The number of ketones is 1. The molecule has 1 saturated heterocycles. The fourth-order valence-electron chi connectivity index (χ4n) is 7.94. The Morgan fingerprint density at radius 1 is 1.05 bits per heavy atom. The number of aliphatic hydroxyl groups is 1. The van der Waals surface area contributed by atoms with Crippen molar-refractivity contribution in [2.75, 3.05) is 13.4 Å². The molecule has 0 radical (unpaired) electrons. The van der Waals surface area contributed by atoms with E-state index in [4.69, 9.17) is 18.9 Å². The van der Waals surface area contributed by atoms with Crippen molar-refractivity contribution in [1.82, 2.24) is 0 Å². The molecule has 43 heavy (non-hydrogen) atoms. The van der Waals surface area contributed by atoms with E-state index in [0.717, 1.165) is 16.7 Å². The number of hydrogen-bond donors (Lipinski definition) is 1. The van der Waals surface area contributed by atoms with E-state index in [1.807, 2.05) is 79.7 Å². The van der Waals surface area contributed by atoms with Crippen molar-refractivity contribution >= 4 is 11.8 Å². The summed E-state index contributed by atoms with van der Waals surface area (Å²) in [5, 5.41) is 12.4. The highest BCUT2D eigenvalue weighted by Crippen LogP contribution is 2.61. The van der Waals surface area contributed by atoms with Crippen LogP contribution in [0.15, 0.2) is 96.1 Å². The first-order valence-electron chi connectivity index (χ1n) is 15.0. The van der Waals surface area contributed by atoms with Gasteiger partial charge in [-0.15, -0.1) is 0 Å². The second kappa shape index (κ2) is 11.3. The number of benzene rings is 2. The lowest BCUT2D eigenvalue weighted by molar-refractivity contribution is -0.228. The molecule has 7 nitrogen and oxygen atoms in total. The minimum absolute atomic E-state index is 0.0241. The summed E-state index contributed by atoms with van der Waals surface area (Å²) in [5.41, 5.74) is 0.319. The van der Waals surface area contributed by atoms with Gasteiger partial charge in [-0.2, -0.15) is 0 Å². The zero-order valence-corrected chi connectivity index (χ0v) is 25.1. The van der Waals surface area contributed by atoms with Crippen LogP contribution in [0.25, 0.3) is 0 Å². The third kappa shape index (κ3) is 4.92. The number of esters is 1. The average Bonchev–Trinajstić information content (AvgIpc) is 3.49. The maximum Gasteiger partial charge on any atom is 0.310 e. The van der Waals surface area contributed by atoms with Gasteiger partial charge in [-0.05, 0) is 54.0 Å². The molecule has 0 amide bonds. The van der Waals surface area contributed by atoms with Gasteiger partial charge in [-0.25, -0.2) is 0 Å². The summed E-state index contributed by atoms with van der Waals surface area (Å²) in [7, 11) is 0. The van der Waals surface area contributed by atoms with Crippen molar-refractivity contribution in [2.45, 2.75) is 69.5 Å². The average molecular weight is 585 g/mol. The molecule has 6 rings (SSSR count). The number of ether oxygens (including phenoxy) is 4. The molecule has 1 heterocycles. The van der Waals surface area contributed by atoms with Gasteiger partial charge in [0.1, 0.15) is 30.7 Å². The van der Waals surface area contributed by atoms with E-state index in [2.05, 4.69) is 13.5 Å². The predicted molar refractivity (Wildman–Crippen MR) is 161 cm³/mol. The van der Waals surface area contributed by atoms with Crippen molar-refractivity contribution in [3.63, 3.8) is 0 Å². The molecule has 7 heteroatoms. The van der Waals surface area contributed by atoms with Gasteiger partial charge >= 0.3 is 5.97 Å². The summed E-state index contributed by atoms with van der Waals surface area (Å²) < 4.78 is 25.5. The third-order valence-corrected chi connectivity index (χ3v) is 9.99. The molecule has 0 aromatic heterocycles. The summed E-state index contributed by atoms with van der Waals surface area (Å²) in [4.78, 5) is 26.6. The van der Waals surface area contributed by atoms with E-state index in [0.29, 0.717) is 17.6 Å². The van der Waals surface area contributed by atoms with E-state index in [9.17, 15) is 14.7 Å². The minimum Gasteiger partial charge on any atom is -0.461 e. The zero-order chi connectivity index (χ0) is 30.4. The number of fused-ring (bicyclic) bond motifs is 5. The number of carbonyl (C=O) groups excluding carboxylic acids is 2. The second-order valence-corrected chi connectivity index (χ2v) is 12.7. The molecule has 0 unspecified atom stereocenters. The van der Waals surface area contributed by atoms with Crippen LogP contribution >= 0.6 is 0 Å². The van der Waals surface area contributed by atoms with Crippen LogP contribution < -0.4 is 0 Å². The Labute approximate surface area is 253 Å². The van der Waals surface area contributed by atoms with E-state index >= 15 is 0 Å². The quantitative estimate of drug-likeness (QED) is 0.334. The topological polar surface area (TPSA) is 91.3 Å². The van der Waals surface area contributed by atoms with Crippen molar-refractivity contribution < 1.29 is 33.6 Å².